The van der Waals surface area contributed by atoms with Crippen LogP contribution in [0.3, 0.4) is 0 Å². The van der Waals surface area contributed by atoms with Gasteiger partial charge in [0.25, 0.3) is 0 Å². The third-order valence-electron chi connectivity index (χ3n) is 3.63. The SMILES string of the molecule is CC(=O)N(CC(=O)NCc1ccco1)c1c(C)cc(C)cc1C. The first-order valence-electron chi connectivity index (χ1n) is 7.53. The number of carbonyl (C=O) groups is 2. The van der Waals surface area contributed by atoms with Crippen LogP contribution in [0.15, 0.2) is 34.9 Å². The molecule has 5 nitrogen and oxygen atoms in total. The van der Waals surface area contributed by atoms with Gasteiger partial charge in [-0.2, -0.15) is 0 Å². The molecule has 0 aliphatic carbocycles. The first-order chi connectivity index (χ1) is 10.9. The molecule has 122 valence electrons. The van der Waals surface area contributed by atoms with E-state index in [-0.39, 0.29) is 18.4 Å². The molecule has 0 fully saturated rings. The Bertz CT molecular complexity index is 682. The molecule has 0 spiro atoms. The second kappa shape index (κ2) is 7.13. The van der Waals surface area contributed by atoms with Crippen molar-refractivity contribution >= 4 is 17.5 Å². The molecular weight excluding hydrogens is 292 g/mol. The van der Waals surface area contributed by atoms with Gasteiger partial charge in [-0.3, -0.25) is 9.59 Å². The second-order valence-electron chi connectivity index (χ2n) is 5.71. The van der Waals surface area contributed by atoms with Crippen LogP contribution in [0.4, 0.5) is 5.69 Å². The van der Waals surface area contributed by atoms with E-state index in [9.17, 15) is 9.59 Å². The lowest BCUT2D eigenvalue weighted by atomic mass is 10.0. The zero-order valence-corrected chi connectivity index (χ0v) is 14.0. The van der Waals surface area contributed by atoms with Gasteiger partial charge in [0.2, 0.25) is 11.8 Å². The number of hydrogen-bond acceptors (Lipinski definition) is 3. The van der Waals surface area contributed by atoms with Crippen LogP contribution in [0, 0.1) is 20.8 Å². The van der Waals surface area contributed by atoms with Crippen LogP contribution in [0.1, 0.15) is 29.4 Å². The summed E-state index contributed by atoms with van der Waals surface area (Å²) >= 11 is 0. The van der Waals surface area contributed by atoms with Crippen molar-refractivity contribution in [2.24, 2.45) is 0 Å². The largest absolute Gasteiger partial charge is 0.467 e. The fourth-order valence-electron chi connectivity index (χ4n) is 2.74. The first kappa shape index (κ1) is 16.8. The van der Waals surface area contributed by atoms with Gasteiger partial charge in [-0.1, -0.05) is 17.7 Å². The molecule has 0 bridgehead atoms. The number of anilines is 1. The summed E-state index contributed by atoms with van der Waals surface area (Å²) in [7, 11) is 0. The second-order valence-corrected chi connectivity index (χ2v) is 5.71. The van der Waals surface area contributed by atoms with Crippen LogP contribution in [0.2, 0.25) is 0 Å². The van der Waals surface area contributed by atoms with Gasteiger partial charge in [-0.25, -0.2) is 0 Å². The average molecular weight is 314 g/mol. The summed E-state index contributed by atoms with van der Waals surface area (Å²) in [5.74, 6) is 0.291. The lowest BCUT2D eigenvalue weighted by Gasteiger charge is -2.25. The fourth-order valence-corrected chi connectivity index (χ4v) is 2.74. The molecule has 0 unspecified atom stereocenters. The molecule has 0 aliphatic rings. The number of rotatable bonds is 5. The van der Waals surface area contributed by atoms with Gasteiger partial charge in [0, 0.05) is 6.92 Å². The number of carbonyl (C=O) groups excluding carboxylic acids is 2. The smallest absolute Gasteiger partial charge is 0.240 e. The number of hydrogen-bond donors (Lipinski definition) is 1. The third-order valence-corrected chi connectivity index (χ3v) is 3.63. The standard InChI is InChI=1S/C18H22N2O3/c1-12-8-13(2)18(14(3)9-12)20(15(4)21)11-17(22)19-10-16-6-5-7-23-16/h5-9H,10-11H2,1-4H3,(H,19,22). The quantitative estimate of drug-likeness (QED) is 0.923. The molecular formula is C18H22N2O3. The maximum absolute atomic E-state index is 12.2. The molecule has 5 heteroatoms. The summed E-state index contributed by atoms with van der Waals surface area (Å²) in [6.07, 6.45) is 1.56. The predicted octanol–water partition coefficient (Wildman–Crippen LogP) is 2.87. The normalized spacial score (nSPS) is 10.4. The Labute approximate surface area is 136 Å². The summed E-state index contributed by atoms with van der Waals surface area (Å²) < 4.78 is 5.18. The number of benzene rings is 1. The minimum Gasteiger partial charge on any atom is -0.467 e. The van der Waals surface area contributed by atoms with E-state index in [0.29, 0.717) is 12.3 Å². The molecule has 2 rings (SSSR count). The molecule has 1 heterocycles. The van der Waals surface area contributed by atoms with Crippen molar-refractivity contribution in [2.75, 3.05) is 11.4 Å². The molecule has 0 saturated carbocycles. The van der Waals surface area contributed by atoms with Crippen molar-refractivity contribution in [3.8, 4) is 0 Å². The first-order valence-corrected chi connectivity index (χ1v) is 7.53. The minimum atomic E-state index is -0.226. The summed E-state index contributed by atoms with van der Waals surface area (Å²) in [4.78, 5) is 25.7. The zero-order chi connectivity index (χ0) is 17.0. The van der Waals surface area contributed by atoms with E-state index in [0.717, 1.165) is 22.4 Å². The van der Waals surface area contributed by atoms with Gasteiger partial charge in [-0.15, -0.1) is 0 Å². The Kier molecular flexibility index (Phi) is 5.21. The van der Waals surface area contributed by atoms with E-state index < -0.39 is 0 Å². The van der Waals surface area contributed by atoms with Crippen molar-refractivity contribution in [1.82, 2.24) is 5.32 Å². The van der Waals surface area contributed by atoms with Crippen molar-refractivity contribution < 1.29 is 14.0 Å². The van der Waals surface area contributed by atoms with E-state index in [1.54, 1.807) is 18.4 Å². The van der Waals surface area contributed by atoms with Crippen LogP contribution >= 0.6 is 0 Å². The topological polar surface area (TPSA) is 62.6 Å². The van der Waals surface area contributed by atoms with Gasteiger partial charge >= 0.3 is 0 Å². The maximum atomic E-state index is 12.2. The number of furan rings is 1. The molecule has 1 aromatic carbocycles. The van der Waals surface area contributed by atoms with Crippen molar-refractivity contribution in [3.05, 3.63) is 53.0 Å². The van der Waals surface area contributed by atoms with Gasteiger partial charge in [0.1, 0.15) is 12.3 Å². The highest BCUT2D eigenvalue weighted by Crippen LogP contribution is 2.26. The molecule has 0 saturated heterocycles. The zero-order valence-electron chi connectivity index (χ0n) is 14.0. The van der Waals surface area contributed by atoms with Crippen LogP contribution in [0.5, 0.6) is 0 Å². The molecule has 2 aromatic rings. The Balaban J connectivity index is 2.13. The van der Waals surface area contributed by atoms with Crippen LogP contribution < -0.4 is 10.2 Å². The fraction of sp³-hybridized carbons (Fsp3) is 0.333. The molecule has 2 amide bonds. The summed E-state index contributed by atoms with van der Waals surface area (Å²) in [5.41, 5.74) is 3.90. The molecule has 0 atom stereocenters. The highest BCUT2D eigenvalue weighted by Gasteiger charge is 2.19. The number of aryl methyl sites for hydroxylation is 3. The lowest BCUT2D eigenvalue weighted by molar-refractivity contribution is -0.123. The monoisotopic (exact) mass is 314 g/mol. The van der Waals surface area contributed by atoms with Crippen molar-refractivity contribution in [2.45, 2.75) is 34.2 Å². The van der Waals surface area contributed by atoms with Gasteiger partial charge < -0.3 is 14.6 Å². The molecule has 1 aromatic heterocycles. The third kappa shape index (κ3) is 4.22. The average Bonchev–Trinajstić information content (AvgIpc) is 2.96. The number of nitrogens with one attached hydrogen (secondary N) is 1. The molecule has 0 aliphatic heterocycles. The van der Waals surface area contributed by atoms with E-state index in [1.165, 1.54) is 11.8 Å². The predicted molar refractivity (Wildman–Crippen MR) is 89.2 cm³/mol. The highest BCUT2D eigenvalue weighted by atomic mass is 16.3. The van der Waals surface area contributed by atoms with Crippen molar-refractivity contribution in [3.63, 3.8) is 0 Å². The van der Waals surface area contributed by atoms with E-state index in [2.05, 4.69) is 5.32 Å². The number of nitrogens with zero attached hydrogens (tertiary/aromatic N) is 1. The Morgan fingerprint density at radius 1 is 1.17 bits per heavy atom. The Morgan fingerprint density at radius 3 is 2.35 bits per heavy atom. The molecule has 0 radical (unpaired) electrons. The van der Waals surface area contributed by atoms with Crippen molar-refractivity contribution in [1.29, 1.82) is 0 Å². The van der Waals surface area contributed by atoms with Crippen LogP contribution in [0.25, 0.3) is 0 Å². The highest BCUT2D eigenvalue weighted by molar-refractivity contribution is 5.98. The Morgan fingerprint density at radius 2 is 1.83 bits per heavy atom. The summed E-state index contributed by atoms with van der Waals surface area (Å²) in [5, 5.41) is 2.76. The van der Waals surface area contributed by atoms with E-state index >= 15 is 0 Å². The van der Waals surface area contributed by atoms with Crippen LogP contribution in [-0.4, -0.2) is 18.4 Å². The molecule has 1 N–H and O–H groups in total. The summed E-state index contributed by atoms with van der Waals surface area (Å²) in [6.45, 7) is 7.68. The lowest BCUT2D eigenvalue weighted by Crippen LogP contribution is -2.40. The van der Waals surface area contributed by atoms with Gasteiger partial charge in [0.05, 0.1) is 18.5 Å². The summed E-state index contributed by atoms with van der Waals surface area (Å²) in [6, 6.07) is 7.58. The van der Waals surface area contributed by atoms with Gasteiger partial charge in [0.15, 0.2) is 0 Å². The molecule has 23 heavy (non-hydrogen) atoms. The van der Waals surface area contributed by atoms with Crippen LogP contribution in [-0.2, 0) is 16.1 Å². The maximum Gasteiger partial charge on any atom is 0.240 e. The Hall–Kier alpha value is -2.56. The van der Waals surface area contributed by atoms with E-state index in [1.807, 2.05) is 32.9 Å². The minimum absolute atomic E-state index is 0.0131. The number of amides is 2. The van der Waals surface area contributed by atoms with Gasteiger partial charge in [-0.05, 0) is 44.0 Å². The van der Waals surface area contributed by atoms with E-state index in [4.69, 9.17) is 4.42 Å².